The standard InChI is InChI=1S/C26H41NO4/c1-5-9-11-20(7-3)18-30-25(28)24(17-22-13-15-23(27)16-14-22)26(29)31-19-21(8-4)12-10-6-2/h13-17,20-21H,5-12,18-19,27H2,1-4H3. The number of anilines is 1. The van der Waals surface area contributed by atoms with E-state index in [4.69, 9.17) is 15.2 Å². The van der Waals surface area contributed by atoms with Crippen molar-refractivity contribution in [2.75, 3.05) is 18.9 Å². The lowest BCUT2D eigenvalue weighted by molar-refractivity contribution is -0.148. The fourth-order valence-corrected chi connectivity index (χ4v) is 3.30. The van der Waals surface area contributed by atoms with Crippen molar-refractivity contribution >= 4 is 23.7 Å². The van der Waals surface area contributed by atoms with Crippen molar-refractivity contribution < 1.29 is 19.1 Å². The Bertz CT molecular complexity index is 647. The van der Waals surface area contributed by atoms with E-state index in [1.807, 2.05) is 0 Å². The summed E-state index contributed by atoms with van der Waals surface area (Å²) in [4.78, 5) is 25.6. The SMILES string of the molecule is CCCCC(CC)COC(=O)C(=Cc1ccc(N)cc1)C(=O)OCC(CC)CCCC. The second-order valence-electron chi connectivity index (χ2n) is 8.25. The third-order valence-corrected chi connectivity index (χ3v) is 5.67. The summed E-state index contributed by atoms with van der Waals surface area (Å²) in [6, 6.07) is 7.00. The van der Waals surface area contributed by atoms with E-state index in [-0.39, 0.29) is 5.57 Å². The summed E-state index contributed by atoms with van der Waals surface area (Å²) in [6.07, 6.45) is 9.84. The summed E-state index contributed by atoms with van der Waals surface area (Å²) in [5.41, 5.74) is 7.00. The fourth-order valence-electron chi connectivity index (χ4n) is 3.30. The maximum atomic E-state index is 12.8. The van der Waals surface area contributed by atoms with Crippen molar-refractivity contribution in [3.8, 4) is 0 Å². The van der Waals surface area contributed by atoms with Crippen LogP contribution in [0.3, 0.4) is 0 Å². The van der Waals surface area contributed by atoms with Crippen LogP contribution in [0.15, 0.2) is 29.8 Å². The number of rotatable bonds is 15. The lowest BCUT2D eigenvalue weighted by atomic mass is 10.0. The van der Waals surface area contributed by atoms with Gasteiger partial charge < -0.3 is 15.2 Å². The van der Waals surface area contributed by atoms with Crippen molar-refractivity contribution in [2.24, 2.45) is 11.8 Å². The van der Waals surface area contributed by atoms with E-state index in [0.29, 0.717) is 36.3 Å². The third-order valence-electron chi connectivity index (χ3n) is 5.67. The average molecular weight is 432 g/mol. The molecule has 1 rings (SSSR count). The van der Waals surface area contributed by atoms with E-state index >= 15 is 0 Å². The van der Waals surface area contributed by atoms with Crippen LogP contribution < -0.4 is 5.73 Å². The van der Waals surface area contributed by atoms with E-state index < -0.39 is 11.9 Å². The number of nitrogens with two attached hydrogens (primary N) is 1. The predicted molar refractivity (Wildman–Crippen MR) is 127 cm³/mol. The number of hydrogen-bond acceptors (Lipinski definition) is 5. The van der Waals surface area contributed by atoms with E-state index in [9.17, 15) is 9.59 Å². The minimum Gasteiger partial charge on any atom is -0.462 e. The van der Waals surface area contributed by atoms with Gasteiger partial charge in [-0.1, -0.05) is 78.4 Å². The van der Waals surface area contributed by atoms with Gasteiger partial charge in [0, 0.05) is 5.69 Å². The van der Waals surface area contributed by atoms with Gasteiger partial charge in [0.1, 0.15) is 5.57 Å². The van der Waals surface area contributed by atoms with Gasteiger partial charge in [0.15, 0.2) is 0 Å². The van der Waals surface area contributed by atoms with Crippen LogP contribution in [-0.4, -0.2) is 25.2 Å². The quantitative estimate of drug-likeness (QED) is 0.118. The molecule has 0 amide bonds. The average Bonchev–Trinajstić information content (AvgIpc) is 2.78. The molecule has 5 heteroatoms. The molecule has 0 aliphatic rings. The predicted octanol–water partition coefficient (Wildman–Crippen LogP) is 6.17. The summed E-state index contributed by atoms with van der Waals surface area (Å²) in [5, 5.41) is 0. The van der Waals surface area contributed by atoms with E-state index in [0.717, 1.165) is 51.4 Å². The van der Waals surface area contributed by atoms with Crippen molar-refractivity contribution in [1.82, 2.24) is 0 Å². The summed E-state index contributed by atoms with van der Waals surface area (Å²) in [6.45, 7) is 9.10. The molecule has 2 unspecified atom stereocenters. The molecule has 0 spiro atoms. The molecule has 0 saturated carbocycles. The summed E-state index contributed by atoms with van der Waals surface area (Å²) >= 11 is 0. The van der Waals surface area contributed by atoms with Crippen LogP contribution in [0.4, 0.5) is 5.69 Å². The Morgan fingerprint density at radius 1 is 0.839 bits per heavy atom. The van der Waals surface area contributed by atoms with Gasteiger partial charge in [0.25, 0.3) is 0 Å². The summed E-state index contributed by atoms with van der Waals surface area (Å²) < 4.78 is 11.1. The Kier molecular flexibility index (Phi) is 13.4. The molecule has 0 fully saturated rings. The first-order valence-corrected chi connectivity index (χ1v) is 11.9. The zero-order chi connectivity index (χ0) is 23.1. The Balaban J connectivity index is 2.90. The molecule has 0 saturated heterocycles. The Labute approximate surface area is 188 Å². The second kappa shape index (κ2) is 15.5. The number of carbonyl (C=O) groups is 2. The lowest BCUT2D eigenvalue weighted by Crippen LogP contribution is -2.23. The van der Waals surface area contributed by atoms with Crippen LogP contribution in [-0.2, 0) is 19.1 Å². The van der Waals surface area contributed by atoms with Crippen molar-refractivity contribution in [3.05, 3.63) is 35.4 Å². The first kappa shape index (κ1) is 26.7. The zero-order valence-corrected chi connectivity index (χ0v) is 19.8. The first-order chi connectivity index (χ1) is 14.9. The molecule has 0 aromatic heterocycles. The first-order valence-electron chi connectivity index (χ1n) is 11.9. The molecule has 1 aromatic rings. The van der Waals surface area contributed by atoms with Crippen LogP contribution in [0.5, 0.6) is 0 Å². The third kappa shape index (κ3) is 10.5. The minimum atomic E-state index is -0.626. The van der Waals surface area contributed by atoms with Crippen molar-refractivity contribution in [2.45, 2.75) is 79.1 Å². The van der Waals surface area contributed by atoms with Crippen LogP contribution in [0, 0.1) is 11.8 Å². The molecule has 0 aliphatic heterocycles. The van der Waals surface area contributed by atoms with E-state index in [1.165, 1.54) is 6.08 Å². The van der Waals surface area contributed by atoms with Gasteiger partial charge in [0.05, 0.1) is 13.2 Å². The molecule has 0 bridgehead atoms. The zero-order valence-electron chi connectivity index (χ0n) is 19.8. The van der Waals surface area contributed by atoms with Crippen LogP contribution in [0.25, 0.3) is 6.08 Å². The Morgan fingerprint density at radius 3 is 1.68 bits per heavy atom. The van der Waals surface area contributed by atoms with Crippen LogP contribution >= 0.6 is 0 Å². The lowest BCUT2D eigenvalue weighted by Gasteiger charge is -2.17. The van der Waals surface area contributed by atoms with Gasteiger partial charge in [-0.05, 0) is 48.4 Å². The van der Waals surface area contributed by atoms with E-state index in [2.05, 4.69) is 27.7 Å². The Morgan fingerprint density at radius 2 is 1.29 bits per heavy atom. The van der Waals surface area contributed by atoms with Crippen molar-refractivity contribution in [1.29, 1.82) is 0 Å². The van der Waals surface area contributed by atoms with Gasteiger partial charge >= 0.3 is 11.9 Å². The smallest absolute Gasteiger partial charge is 0.345 e. The normalized spacial score (nSPS) is 12.6. The van der Waals surface area contributed by atoms with Gasteiger partial charge in [-0.25, -0.2) is 9.59 Å². The molecule has 0 heterocycles. The molecular weight excluding hydrogens is 390 g/mol. The molecule has 174 valence electrons. The van der Waals surface area contributed by atoms with Crippen LogP contribution in [0.1, 0.15) is 84.6 Å². The largest absolute Gasteiger partial charge is 0.462 e. The highest BCUT2D eigenvalue weighted by atomic mass is 16.6. The Hall–Kier alpha value is -2.30. The van der Waals surface area contributed by atoms with Gasteiger partial charge in [0.2, 0.25) is 0 Å². The highest BCUT2D eigenvalue weighted by molar-refractivity contribution is 6.17. The molecule has 1 aromatic carbocycles. The van der Waals surface area contributed by atoms with Gasteiger partial charge in [-0.15, -0.1) is 0 Å². The number of esters is 2. The number of unbranched alkanes of at least 4 members (excludes halogenated alkanes) is 2. The van der Waals surface area contributed by atoms with Gasteiger partial charge in [-0.2, -0.15) is 0 Å². The molecule has 0 radical (unpaired) electrons. The number of benzene rings is 1. The molecular formula is C26H41NO4. The monoisotopic (exact) mass is 431 g/mol. The summed E-state index contributed by atoms with van der Waals surface area (Å²) in [7, 11) is 0. The molecule has 31 heavy (non-hydrogen) atoms. The maximum absolute atomic E-state index is 12.8. The maximum Gasteiger partial charge on any atom is 0.345 e. The number of carbonyl (C=O) groups excluding carboxylic acids is 2. The van der Waals surface area contributed by atoms with E-state index in [1.54, 1.807) is 24.3 Å². The molecule has 2 atom stereocenters. The fraction of sp³-hybridized carbons (Fsp3) is 0.615. The highest BCUT2D eigenvalue weighted by Gasteiger charge is 2.23. The number of ether oxygens (including phenoxy) is 2. The molecule has 2 N–H and O–H groups in total. The number of nitrogen functional groups attached to an aromatic ring is 1. The highest BCUT2D eigenvalue weighted by Crippen LogP contribution is 2.18. The summed E-state index contributed by atoms with van der Waals surface area (Å²) in [5.74, 6) is -0.649. The van der Waals surface area contributed by atoms with Crippen molar-refractivity contribution in [3.63, 3.8) is 0 Å². The minimum absolute atomic E-state index is 0.0690. The number of hydrogen-bond donors (Lipinski definition) is 1. The molecule has 5 nitrogen and oxygen atoms in total. The second-order valence-corrected chi connectivity index (χ2v) is 8.25. The topological polar surface area (TPSA) is 78.6 Å². The molecule has 0 aliphatic carbocycles. The van der Waals surface area contributed by atoms with Crippen LogP contribution in [0.2, 0.25) is 0 Å². The van der Waals surface area contributed by atoms with Gasteiger partial charge in [-0.3, -0.25) is 0 Å².